The van der Waals surface area contributed by atoms with Gasteiger partial charge in [-0.3, -0.25) is 19.8 Å². The van der Waals surface area contributed by atoms with E-state index in [1.165, 1.54) is 5.56 Å². The quantitative estimate of drug-likeness (QED) is 0.438. The van der Waals surface area contributed by atoms with Crippen molar-refractivity contribution in [2.24, 2.45) is 5.41 Å². The minimum atomic E-state index is -0.567. The zero-order valence-corrected chi connectivity index (χ0v) is 13.6. The number of rotatable bonds is 7. The maximum Gasteiger partial charge on any atom is 0.306 e. The van der Waals surface area contributed by atoms with Crippen LogP contribution in [0.2, 0.25) is 0 Å². The summed E-state index contributed by atoms with van der Waals surface area (Å²) < 4.78 is 5.00. The summed E-state index contributed by atoms with van der Waals surface area (Å²) in [6.45, 7) is 4.28. The molecule has 1 fully saturated rings. The first-order chi connectivity index (χ1) is 11.0. The van der Waals surface area contributed by atoms with Crippen molar-refractivity contribution in [3.8, 4) is 0 Å². The lowest BCUT2D eigenvalue weighted by atomic mass is 9.75. The van der Waals surface area contributed by atoms with E-state index in [2.05, 4.69) is 17.0 Å². The first-order valence-corrected chi connectivity index (χ1v) is 8.07. The highest BCUT2D eigenvalue weighted by molar-refractivity contribution is 5.70. The van der Waals surface area contributed by atoms with E-state index in [1.807, 2.05) is 18.2 Å². The molecule has 1 aromatic carbocycles. The van der Waals surface area contributed by atoms with Crippen LogP contribution >= 0.6 is 0 Å². The molecule has 0 N–H and O–H groups in total. The highest BCUT2D eigenvalue weighted by Crippen LogP contribution is 2.36. The second kappa shape index (κ2) is 8.06. The van der Waals surface area contributed by atoms with Crippen LogP contribution in [0.15, 0.2) is 30.3 Å². The topological polar surface area (TPSA) is 72.7 Å². The second-order valence-corrected chi connectivity index (χ2v) is 6.23. The van der Waals surface area contributed by atoms with E-state index in [-0.39, 0.29) is 23.9 Å². The molecule has 126 valence electrons. The normalized spacial score (nSPS) is 17.6. The molecule has 1 aliphatic heterocycles. The Bertz CT molecular complexity index is 525. The van der Waals surface area contributed by atoms with Crippen LogP contribution in [0.3, 0.4) is 0 Å². The summed E-state index contributed by atoms with van der Waals surface area (Å²) >= 11 is 0. The molecule has 0 aromatic heterocycles. The number of hydrogen-bond acceptors (Lipinski definition) is 5. The Balaban J connectivity index is 1.95. The monoisotopic (exact) mass is 320 g/mol. The van der Waals surface area contributed by atoms with Crippen LogP contribution in [0.25, 0.3) is 0 Å². The van der Waals surface area contributed by atoms with Crippen LogP contribution < -0.4 is 0 Å². The van der Waals surface area contributed by atoms with E-state index in [0.29, 0.717) is 19.4 Å². The van der Waals surface area contributed by atoms with Gasteiger partial charge in [-0.15, -0.1) is 0 Å². The Hall–Kier alpha value is -1.95. The lowest BCUT2D eigenvalue weighted by Gasteiger charge is -2.38. The Labute approximate surface area is 136 Å². The maximum atomic E-state index is 11.8. The molecule has 2 rings (SSSR count). The number of esters is 1. The first kappa shape index (κ1) is 17.4. The fourth-order valence-corrected chi connectivity index (χ4v) is 3.21. The van der Waals surface area contributed by atoms with Gasteiger partial charge in [-0.2, -0.15) is 0 Å². The molecule has 0 radical (unpaired) electrons. The van der Waals surface area contributed by atoms with Crippen molar-refractivity contribution in [2.75, 3.05) is 26.2 Å². The molecule has 1 aromatic rings. The third-order valence-electron chi connectivity index (χ3n) is 4.45. The first-order valence-electron chi connectivity index (χ1n) is 8.07. The Kier molecular flexibility index (Phi) is 6.10. The molecule has 6 heteroatoms. The number of piperidine rings is 1. The summed E-state index contributed by atoms with van der Waals surface area (Å²) in [5, 5.41) is 11.0. The Morgan fingerprint density at radius 2 is 1.96 bits per heavy atom. The van der Waals surface area contributed by atoms with E-state index in [0.717, 1.165) is 19.6 Å². The number of nitrogens with zero attached hydrogens (tertiary/aromatic N) is 2. The van der Waals surface area contributed by atoms with Crippen molar-refractivity contribution in [3.05, 3.63) is 46.0 Å². The van der Waals surface area contributed by atoms with Gasteiger partial charge in [-0.1, -0.05) is 30.3 Å². The molecule has 0 spiro atoms. The van der Waals surface area contributed by atoms with E-state index in [4.69, 9.17) is 4.74 Å². The van der Waals surface area contributed by atoms with Crippen molar-refractivity contribution in [3.63, 3.8) is 0 Å². The predicted molar refractivity (Wildman–Crippen MR) is 86.5 cm³/mol. The van der Waals surface area contributed by atoms with Gasteiger partial charge < -0.3 is 4.74 Å². The van der Waals surface area contributed by atoms with E-state index in [9.17, 15) is 14.9 Å². The van der Waals surface area contributed by atoms with Gasteiger partial charge in [-0.25, -0.2) is 0 Å². The molecule has 0 saturated carbocycles. The van der Waals surface area contributed by atoms with Gasteiger partial charge in [0.25, 0.3) is 0 Å². The lowest BCUT2D eigenvalue weighted by molar-refractivity contribution is -0.499. The van der Waals surface area contributed by atoms with Gasteiger partial charge in [-0.05, 0) is 38.4 Å². The van der Waals surface area contributed by atoms with Crippen LogP contribution in [0.1, 0.15) is 31.7 Å². The SMILES string of the molecule is CCOC(=O)CC1(C[N+](=O)[O-])CCN(Cc2ccccc2)CC1. The molecule has 0 aliphatic carbocycles. The molecule has 0 bridgehead atoms. The number of likely N-dealkylation sites (tertiary alicyclic amines) is 1. The standard InChI is InChI=1S/C17H24N2O4/c1-2-23-16(20)12-17(14-19(21)22)8-10-18(11-9-17)13-15-6-4-3-5-7-15/h3-7H,2,8-14H2,1H3. The molecule has 0 amide bonds. The number of benzene rings is 1. The lowest BCUT2D eigenvalue weighted by Crippen LogP contribution is -2.44. The zero-order chi connectivity index (χ0) is 16.7. The van der Waals surface area contributed by atoms with Gasteiger partial charge in [0.1, 0.15) is 0 Å². The van der Waals surface area contributed by atoms with Gasteiger partial charge in [0, 0.05) is 16.9 Å². The van der Waals surface area contributed by atoms with Gasteiger partial charge in [0.05, 0.1) is 13.0 Å². The number of ether oxygens (including phenoxy) is 1. The van der Waals surface area contributed by atoms with Crippen LogP contribution in [-0.4, -0.2) is 42.0 Å². The highest BCUT2D eigenvalue weighted by Gasteiger charge is 2.41. The molecule has 0 unspecified atom stereocenters. The average Bonchev–Trinajstić information content (AvgIpc) is 2.50. The smallest absolute Gasteiger partial charge is 0.306 e. The van der Waals surface area contributed by atoms with Crippen LogP contribution in [-0.2, 0) is 16.1 Å². The van der Waals surface area contributed by atoms with Crippen molar-refractivity contribution in [2.45, 2.75) is 32.7 Å². The van der Waals surface area contributed by atoms with Crippen LogP contribution in [0.4, 0.5) is 0 Å². The van der Waals surface area contributed by atoms with E-state index in [1.54, 1.807) is 6.92 Å². The number of nitro groups is 1. The van der Waals surface area contributed by atoms with Crippen molar-refractivity contribution >= 4 is 5.97 Å². The Morgan fingerprint density at radius 3 is 2.52 bits per heavy atom. The molecule has 6 nitrogen and oxygen atoms in total. The summed E-state index contributed by atoms with van der Waals surface area (Å²) in [7, 11) is 0. The molecular weight excluding hydrogens is 296 g/mol. The van der Waals surface area contributed by atoms with Crippen LogP contribution in [0, 0.1) is 15.5 Å². The maximum absolute atomic E-state index is 11.8. The van der Waals surface area contributed by atoms with E-state index >= 15 is 0 Å². The summed E-state index contributed by atoms with van der Waals surface area (Å²) in [5.74, 6) is -0.328. The molecule has 1 heterocycles. The zero-order valence-electron chi connectivity index (χ0n) is 13.6. The number of carbonyl (C=O) groups excluding carboxylic acids is 1. The minimum absolute atomic E-state index is 0.140. The molecular formula is C17H24N2O4. The number of carbonyl (C=O) groups is 1. The third kappa shape index (κ3) is 5.32. The largest absolute Gasteiger partial charge is 0.466 e. The fraction of sp³-hybridized carbons (Fsp3) is 0.588. The predicted octanol–water partition coefficient (Wildman–Crippen LogP) is 2.50. The van der Waals surface area contributed by atoms with Crippen molar-refractivity contribution < 1.29 is 14.5 Å². The highest BCUT2D eigenvalue weighted by atomic mass is 16.6. The van der Waals surface area contributed by atoms with E-state index < -0.39 is 5.41 Å². The van der Waals surface area contributed by atoms with Crippen molar-refractivity contribution in [1.82, 2.24) is 4.90 Å². The summed E-state index contributed by atoms with van der Waals surface area (Å²) in [5.41, 5.74) is 0.669. The number of hydrogen-bond donors (Lipinski definition) is 0. The van der Waals surface area contributed by atoms with Gasteiger partial charge >= 0.3 is 5.97 Å². The third-order valence-corrected chi connectivity index (χ3v) is 4.45. The fourth-order valence-electron chi connectivity index (χ4n) is 3.21. The Morgan fingerprint density at radius 1 is 1.30 bits per heavy atom. The second-order valence-electron chi connectivity index (χ2n) is 6.23. The average molecular weight is 320 g/mol. The molecule has 23 heavy (non-hydrogen) atoms. The van der Waals surface area contributed by atoms with Gasteiger partial charge in [0.2, 0.25) is 6.54 Å². The summed E-state index contributed by atoms with van der Waals surface area (Å²) in [4.78, 5) is 24.8. The molecule has 0 atom stereocenters. The van der Waals surface area contributed by atoms with Crippen LogP contribution in [0.5, 0.6) is 0 Å². The molecule has 1 saturated heterocycles. The molecule has 1 aliphatic rings. The summed E-state index contributed by atoms with van der Waals surface area (Å²) in [6.07, 6.45) is 1.44. The van der Waals surface area contributed by atoms with Crippen molar-refractivity contribution in [1.29, 1.82) is 0 Å². The minimum Gasteiger partial charge on any atom is -0.466 e. The van der Waals surface area contributed by atoms with Gasteiger partial charge in [0.15, 0.2) is 0 Å². The summed E-state index contributed by atoms with van der Waals surface area (Å²) in [6, 6.07) is 10.2.